The van der Waals surface area contributed by atoms with Crippen molar-refractivity contribution in [2.45, 2.75) is 25.4 Å². The van der Waals surface area contributed by atoms with Crippen molar-refractivity contribution in [1.82, 2.24) is 0 Å². The largest absolute Gasteiger partial charge is 0.312 e. The van der Waals surface area contributed by atoms with E-state index in [4.69, 9.17) is 0 Å². The Kier molecular flexibility index (Phi) is 4.07. The van der Waals surface area contributed by atoms with Crippen LogP contribution < -0.4 is 4.90 Å². The number of anilines is 1. The zero-order valence-electron chi connectivity index (χ0n) is 10.0. The van der Waals surface area contributed by atoms with E-state index in [2.05, 4.69) is 0 Å². The van der Waals surface area contributed by atoms with Crippen molar-refractivity contribution in [3.63, 3.8) is 0 Å². The molecule has 1 saturated heterocycles. The van der Waals surface area contributed by atoms with Gasteiger partial charge in [-0.3, -0.25) is 4.79 Å². The molecule has 1 fully saturated rings. The highest BCUT2D eigenvalue weighted by Crippen LogP contribution is 2.30. The molecule has 6 heteroatoms. The van der Waals surface area contributed by atoms with Gasteiger partial charge in [0.25, 0.3) is 6.43 Å². The molecule has 0 aliphatic carbocycles. The predicted octanol–water partition coefficient (Wildman–Crippen LogP) is 3.17. The van der Waals surface area contributed by atoms with E-state index in [-0.39, 0.29) is 18.7 Å². The van der Waals surface area contributed by atoms with Gasteiger partial charge in [0.2, 0.25) is 5.91 Å². The molecule has 1 amide bonds. The van der Waals surface area contributed by atoms with Gasteiger partial charge in [-0.25, -0.2) is 17.6 Å². The molecule has 0 aromatic heterocycles. The maximum atomic E-state index is 13.4. The summed E-state index contributed by atoms with van der Waals surface area (Å²) in [6, 6.07) is 5.27. The monoisotopic (exact) mass is 275 g/mol. The number of hydrogen-bond acceptors (Lipinski definition) is 1. The van der Waals surface area contributed by atoms with Crippen LogP contribution in [0.1, 0.15) is 12.8 Å². The minimum atomic E-state index is -3.18. The quantitative estimate of drug-likeness (QED) is 0.776. The van der Waals surface area contributed by atoms with E-state index in [0.29, 0.717) is 6.42 Å². The van der Waals surface area contributed by atoms with E-state index < -0.39 is 30.2 Å². The fraction of sp³-hybridized carbons (Fsp3) is 0.462. The first kappa shape index (κ1) is 13.8. The molecular formula is C13H13F4NO. The predicted molar refractivity (Wildman–Crippen MR) is 62.4 cm³/mol. The van der Waals surface area contributed by atoms with Crippen LogP contribution in [0.4, 0.5) is 23.2 Å². The average Bonchev–Trinajstić information content (AvgIpc) is 2.38. The summed E-state index contributed by atoms with van der Waals surface area (Å²) in [5.41, 5.74) is 0.274. The number of benzene rings is 1. The first-order valence-corrected chi connectivity index (χ1v) is 6.00. The molecular weight excluding hydrogens is 262 g/mol. The Hall–Kier alpha value is -1.59. The highest BCUT2D eigenvalue weighted by molar-refractivity contribution is 5.96. The van der Waals surface area contributed by atoms with Crippen molar-refractivity contribution >= 4 is 11.6 Å². The van der Waals surface area contributed by atoms with Gasteiger partial charge in [-0.1, -0.05) is 6.07 Å². The zero-order valence-corrected chi connectivity index (χ0v) is 10.0. The van der Waals surface area contributed by atoms with Crippen LogP contribution >= 0.6 is 0 Å². The lowest BCUT2D eigenvalue weighted by molar-refractivity contribution is -0.129. The highest BCUT2D eigenvalue weighted by atomic mass is 19.3. The summed E-state index contributed by atoms with van der Waals surface area (Å²) in [6.07, 6.45) is -5.14. The van der Waals surface area contributed by atoms with Crippen LogP contribution in [0.5, 0.6) is 0 Å². The third-order valence-electron chi connectivity index (χ3n) is 3.23. The molecule has 0 spiro atoms. The third kappa shape index (κ3) is 2.88. The first-order valence-electron chi connectivity index (χ1n) is 6.00. The van der Waals surface area contributed by atoms with Crippen LogP contribution in [0.25, 0.3) is 0 Å². The van der Waals surface area contributed by atoms with E-state index in [1.165, 1.54) is 23.1 Å². The maximum Gasteiger partial charge on any atom is 0.270 e. The lowest BCUT2D eigenvalue weighted by Gasteiger charge is -2.33. The minimum absolute atomic E-state index is 0.0934. The summed E-state index contributed by atoms with van der Waals surface area (Å²) >= 11 is 0. The second-order valence-electron chi connectivity index (χ2n) is 4.50. The molecule has 1 aliphatic heterocycles. The summed E-state index contributed by atoms with van der Waals surface area (Å²) < 4.78 is 51.2. The van der Waals surface area contributed by atoms with Crippen LogP contribution in [0.2, 0.25) is 0 Å². The van der Waals surface area contributed by atoms with Crippen molar-refractivity contribution in [3.8, 4) is 0 Å². The molecule has 0 radical (unpaired) electrons. The molecule has 0 bridgehead atoms. The fourth-order valence-electron chi connectivity index (χ4n) is 2.27. The van der Waals surface area contributed by atoms with Gasteiger partial charge in [0.1, 0.15) is 5.82 Å². The first-order chi connectivity index (χ1) is 9.00. The number of piperidine rings is 1. The van der Waals surface area contributed by atoms with Crippen molar-refractivity contribution < 1.29 is 22.4 Å². The molecule has 2 nitrogen and oxygen atoms in total. The Morgan fingerprint density at radius 1 is 1.26 bits per heavy atom. The van der Waals surface area contributed by atoms with Crippen molar-refractivity contribution in [2.24, 2.45) is 5.92 Å². The van der Waals surface area contributed by atoms with Crippen LogP contribution in [0.15, 0.2) is 24.3 Å². The van der Waals surface area contributed by atoms with Gasteiger partial charge in [0, 0.05) is 12.2 Å². The molecule has 2 rings (SSSR count). The number of rotatable bonds is 3. The van der Waals surface area contributed by atoms with Crippen LogP contribution in [-0.2, 0) is 4.79 Å². The van der Waals surface area contributed by atoms with Gasteiger partial charge in [-0.2, -0.15) is 0 Å². The summed E-state index contributed by atoms with van der Waals surface area (Å²) in [4.78, 5) is 13.2. The molecule has 1 aromatic carbocycles. The topological polar surface area (TPSA) is 20.3 Å². The third-order valence-corrected chi connectivity index (χ3v) is 3.23. The summed E-state index contributed by atoms with van der Waals surface area (Å²) in [5, 5.41) is 0. The van der Waals surface area contributed by atoms with Crippen molar-refractivity contribution in [1.29, 1.82) is 0 Å². The number of nitrogens with zero attached hydrogens (tertiary/aromatic N) is 1. The Morgan fingerprint density at radius 3 is 2.63 bits per heavy atom. The van der Waals surface area contributed by atoms with Crippen LogP contribution in [0, 0.1) is 11.7 Å². The average molecular weight is 275 g/mol. The zero-order chi connectivity index (χ0) is 14.0. The second kappa shape index (κ2) is 5.59. The number of halogens is 4. The summed E-state index contributed by atoms with van der Waals surface area (Å²) in [5.74, 6) is -2.58. The van der Waals surface area contributed by atoms with Gasteiger partial charge in [0.15, 0.2) is 6.17 Å². The smallest absolute Gasteiger partial charge is 0.270 e. The molecule has 1 heterocycles. The highest BCUT2D eigenvalue weighted by Gasteiger charge is 2.40. The molecule has 1 aliphatic rings. The lowest BCUT2D eigenvalue weighted by Crippen LogP contribution is -2.46. The second-order valence-corrected chi connectivity index (χ2v) is 4.50. The Labute approximate surface area is 108 Å². The molecule has 104 valence electrons. The number of hydrogen-bond donors (Lipinski definition) is 0. The lowest BCUT2D eigenvalue weighted by atomic mass is 9.92. The van der Waals surface area contributed by atoms with E-state index in [1.807, 2.05) is 0 Å². The molecule has 1 aromatic rings. The Balaban J connectivity index is 2.21. The van der Waals surface area contributed by atoms with Gasteiger partial charge in [0.05, 0.1) is 5.92 Å². The normalized spacial score (nSPS) is 21.8. The van der Waals surface area contributed by atoms with E-state index in [0.717, 1.165) is 6.07 Å². The number of carbonyl (C=O) groups is 1. The molecule has 0 N–H and O–H groups in total. The SMILES string of the molecule is O=C1C(C(F)C(F)F)CCCN1c1cccc(F)c1. The summed E-state index contributed by atoms with van der Waals surface area (Å²) in [7, 11) is 0. The van der Waals surface area contributed by atoms with Gasteiger partial charge in [-0.15, -0.1) is 0 Å². The number of carbonyl (C=O) groups excluding carboxylic acids is 1. The van der Waals surface area contributed by atoms with E-state index in [9.17, 15) is 22.4 Å². The molecule has 0 saturated carbocycles. The van der Waals surface area contributed by atoms with Crippen LogP contribution in [-0.4, -0.2) is 25.0 Å². The standard InChI is InChI=1S/C13H13F4NO/c14-8-3-1-4-9(7-8)18-6-2-5-10(13(18)19)11(15)12(16)17/h1,3-4,7,10-12H,2,5-6H2. The van der Waals surface area contributed by atoms with Crippen molar-refractivity contribution in [2.75, 3.05) is 11.4 Å². The Bertz CT molecular complexity index is 466. The molecule has 19 heavy (non-hydrogen) atoms. The van der Waals surface area contributed by atoms with Crippen LogP contribution in [0.3, 0.4) is 0 Å². The number of alkyl halides is 3. The van der Waals surface area contributed by atoms with Gasteiger partial charge < -0.3 is 4.90 Å². The molecule has 2 atom stereocenters. The van der Waals surface area contributed by atoms with E-state index in [1.54, 1.807) is 0 Å². The van der Waals surface area contributed by atoms with Gasteiger partial charge in [-0.05, 0) is 31.0 Å². The Morgan fingerprint density at radius 2 is 2.00 bits per heavy atom. The molecule has 2 unspecified atom stereocenters. The summed E-state index contributed by atoms with van der Waals surface area (Å²) in [6.45, 7) is 0.286. The fourth-order valence-corrected chi connectivity index (χ4v) is 2.27. The van der Waals surface area contributed by atoms with Gasteiger partial charge >= 0.3 is 0 Å². The minimum Gasteiger partial charge on any atom is -0.312 e. The van der Waals surface area contributed by atoms with E-state index >= 15 is 0 Å². The maximum absolute atomic E-state index is 13.4. The van der Waals surface area contributed by atoms with Crippen molar-refractivity contribution in [3.05, 3.63) is 30.1 Å². The number of amides is 1.